The smallest absolute Gasteiger partial charge is 0.131 e. The van der Waals surface area contributed by atoms with Crippen molar-refractivity contribution < 1.29 is 4.74 Å². The Morgan fingerprint density at radius 3 is 1.66 bits per heavy atom. The third-order valence-electron chi connectivity index (χ3n) is 6.92. The Hall–Kier alpha value is -4.30. The molecule has 0 bridgehead atoms. The summed E-state index contributed by atoms with van der Waals surface area (Å²) in [6.45, 7) is 4.55. The molecular formula is C33H27NO. The van der Waals surface area contributed by atoms with Crippen LogP contribution < -0.4 is 9.64 Å². The average molecular weight is 454 g/mol. The van der Waals surface area contributed by atoms with E-state index >= 15 is 0 Å². The van der Waals surface area contributed by atoms with Crippen molar-refractivity contribution in [1.82, 2.24) is 0 Å². The molecule has 6 rings (SSSR count). The summed E-state index contributed by atoms with van der Waals surface area (Å²) >= 11 is 0. The predicted molar refractivity (Wildman–Crippen MR) is 145 cm³/mol. The first kappa shape index (κ1) is 21.2. The lowest BCUT2D eigenvalue weighted by atomic mass is 9.75. The Morgan fingerprint density at radius 1 is 0.486 bits per heavy atom. The van der Waals surface area contributed by atoms with E-state index in [1.807, 2.05) is 6.07 Å². The zero-order valence-corrected chi connectivity index (χ0v) is 20.0. The summed E-state index contributed by atoms with van der Waals surface area (Å²) in [4.78, 5) is 2.28. The van der Waals surface area contributed by atoms with Crippen LogP contribution in [0.2, 0.25) is 0 Å². The van der Waals surface area contributed by atoms with Gasteiger partial charge in [0.25, 0.3) is 0 Å². The van der Waals surface area contributed by atoms with Gasteiger partial charge in [-0.15, -0.1) is 0 Å². The normalized spacial score (nSPS) is 13.3. The van der Waals surface area contributed by atoms with Gasteiger partial charge in [-0.05, 0) is 65.7 Å². The Morgan fingerprint density at radius 2 is 1.00 bits per heavy atom. The van der Waals surface area contributed by atoms with Gasteiger partial charge in [0, 0.05) is 33.6 Å². The van der Waals surface area contributed by atoms with Crippen LogP contribution in [0.15, 0.2) is 127 Å². The van der Waals surface area contributed by atoms with Crippen LogP contribution in [0.1, 0.15) is 25.0 Å². The molecule has 0 aromatic heterocycles. The summed E-state index contributed by atoms with van der Waals surface area (Å²) in [5, 5.41) is 0. The Labute approximate surface area is 207 Å². The highest BCUT2D eigenvalue weighted by atomic mass is 16.5. The van der Waals surface area contributed by atoms with Crippen LogP contribution >= 0.6 is 0 Å². The van der Waals surface area contributed by atoms with Gasteiger partial charge in [0.2, 0.25) is 0 Å². The lowest BCUT2D eigenvalue weighted by molar-refractivity contribution is 0.418. The van der Waals surface area contributed by atoms with Crippen molar-refractivity contribution in [2.45, 2.75) is 19.3 Å². The molecule has 0 amide bonds. The second-order valence-corrected chi connectivity index (χ2v) is 9.49. The second-order valence-electron chi connectivity index (χ2n) is 9.49. The summed E-state index contributed by atoms with van der Waals surface area (Å²) < 4.78 is 6.25. The zero-order valence-electron chi connectivity index (χ0n) is 20.0. The number of fused-ring (bicyclic) bond motifs is 2. The van der Waals surface area contributed by atoms with Crippen LogP contribution in [-0.4, -0.2) is 0 Å². The molecule has 0 saturated heterocycles. The summed E-state index contributed by atoms with van der Waals surface area (Å²) in [5.41, 5.74) is 8.09. The van der Waals surface area contributed by atoms with E-state index in [0.717, 1.165) is 28.6 Å². The minimum Gasteiger partial charge on any atom is -0.457 e. The van der Waals surface area contributed by atoms with Crippen molar-refractivity contribution >= 4 is 17.1 Å². The molecule has 0 saturated carbocycles. The number of benzene rings is 5. The van der Waals surface area contributed by atoms with Gasteiger partial charge >= 0.3 is 0 Å². The molecule has 5 aromatic rings. The fourth-order valence-corrected chi connectivity index (χ4v) is 5.03. The average Bonchev–Trinajstić information content (AvgIpc) is 2.91. The Balaban J connectivity index is 1.37. The maximum atomic E-state index is 6.25. The number of hydrogen-bond donors (Lipinski definition) is 0. The van der Waals surface area contributed by atoms with E-state index in [2.05, 4.69) is 140 Å². The first-order valence-corrected chi connectivity index (χ1v) is 12.0. The van der Waals surface area contributed by atoms with Crippen molar-refractivity contribution in [3.05, 3.63) is 139 Å². The van der Waals surface area contributed by atoms with E-state index in [4.69, 9.17) is 4.74 Å². The molecule has 0 fully saturated rings. The maximum absolute atomic E-state index is 6.25. The first-order valence-electron chi connectivity index (χ1n) is 12.0. The molecule has 2 heteroatoms. The molecule has 1 aliphatic heterocycles. The predicted octanol–water partition coefficient (Wildman–Crippen LogP) is 9.25. The molecule has 5 aromatic carbocycles. The van der Waals surface area contributed by atoms with Gasteiger partial charge in [0.15, 0.2) is 0 Å². The quantitative estimate of drug-likeness (QED) is 0.269. The number of rotatable bonds is 4. The molecule has 0 unspecified atom stereocenters. The van der Waals surface area contributed by atoms with Crippen molar-refractivity contribution in [2.24, 2.45) is 0 Å². The number of ether oxygens (including phenoxy) is 1. The molecule has 170 valence electrons. The van der Waals surface area contributed by atoms with Crippen molar-refractivity contribution in [3.8, 4) is 22.6 Å². The standard InChI is InChI=1S/C33H27NO/c1-33(2)29-15-9-10-16-31(29)35-32-22-19-25(23-30(32)33)24-17-20-28(21-18-24)34(26-11-5-3-6-12-26)27-13-7-4-8-14-27/h3-23H,1-2H3. The van der Waals surface area contributed by atoms with E-state index in [-0.39, 0.29) is 5.41 Å². The number of para-hydroxylation sites is 3. The number of nitrogens with zero attached hydrogens (tertiary/aromatic N) is 1. The van der Waals surface area contributed by atoms with Gasteiger partial charge in [0.05, 0.1) is 0 Å². The minimum atomic E-state index is -0.127. The van der Waals surface area contributed by atoms with Crippen LogP contribution in [0.25, 0.3) is 11.1 Å². The van der Waals surface area contributed by atoms with Gasteiger partial charge in [-0.25, -0.2) is 0 Å². The molecular weight excluding hydrogens is 426 g/mol. The molecule has 1 heterocycles. The lowest BCUT2D eigenvalue weighted by Crippen LogP contribution is -2.24. The van der Waals surface area contributed by atoms with Gasteiger partial charge in [-0.1, -0.05) is 86.6 Å². The molecule has 0 radical (unpaired) electrons. The largest absolute Gasteiger partial charge is 0.457 e. The highest BCUT2D eigenvalue weighted by Gasteiger charge is 2.34. The number of anilines is 3. The van der Waals surface area contributed by atoms with Crippen LogP contribution in [0.5, 0.6) is 11.5 Å². The first-order chi connectivity index (χ1) is 17.1. The fraction of sp³-hybridized carbons (Fsp3) is 0.0909. The minimum absolute atomic E-state index is 0.127. The molecule has 0 spiro atoms. The van der Waals surface area contributed by atoms with Gasteiger partial charge in [0.1, 0.15) is 11.5 Å². The SMILES string of the molecule is CC1(C)c2ccccc2Oc2ccc(-c3ccc(N(c4ccccc4)c4ccccc4)cc3)cc21. The third-order valence-corrected chi connectivity index (χ3v) is 6.92. The van der Waals surface area contributed by atoms with Crippen molar-refractivity contribution in [1.29, 1.82) is 0 Å². The molecule has 0 aliphatic carbocycles. The van der Waals surface area contributed by atoms with E-state index < -0.39 is 0 Å². The molecule has 0 atom stereocenters. The van der Waals surface area contributed by atoms with Gasteiger partial charge < -0.3 is 9.64 Å². The Kier molecular flexibility index (Phi) is 5.15. The summed E-state index contributed by atoms with van der Waals surface area (Å²) in [7, 11) is 0. The van der Waals surface area contributed by atoms with Crippen LogP contribution in [0, 0.1) is 0 Å². The molecule has 2 nitrogen and oxygen atoms in total. The van der Waals surface area contributed by atoms with E-state index in [1.165, 1.54) is 22.3 Å². The van der Waals surface area contributed by atoms with E-state index in [1.54, 1.807) is 0 Å². The van der Waals surface area contributed by atoms with Crippen LogP contribution in [-0.2, 0) is 5.41 Å². The topological polar surface area (TPSA) is 12.5 Å². The Bertz CT molecular complexity index is 1430. The van der Waals surface area contributed by atoms with E-state index in [9.17, 15) is 0 Å². The third kappa shape index (κ3) is 3.77. The highest BCUT2D eigenvalue weighted by Crippen LogP contribution is 2.48. The molecule has 1 aliphatic rings. The zero-order chi connectivity index (χ0) is 23.8. The second kappa shape index (κ2) is 8.48. The van der Waals surface area contributed by atoms with E-state index in [0.29, 0.717) is 0 Å². The summed E-state index contributed by atoms with van der Waals surface area (Å²) in [5.74, 6) is 1.89. The van der Waals surface area contributed by atoms with Crippen LogP contribution in [0.4, 0.5) is 17.1 Å². The fourth-order valence-electron chi connectivity index (χ4n) is 5.03. The van der Waals surface area contributed by atoms with Crippen molar-refractivity contribution in [2.75, 3.05) is 4.90 Å². The monoisotopic (exact) mass is 453 g/mol. The maximum Gasteiger partial charge on any atom is 0.131 e. The highest BCUT2D eigenvalue weighted by molar-refractivity contribution is 5.78. The molecule has 35 heavy (non-hydrogen) atoms. The van der Waals surface area contributed by atoms with Gasteiger partial charge in [-0.2, -0.15) is 0 Å². The summed E-state index contributed by atoms with van der Waals surface area (Å²) in [6, 6.07) is 44.7. The van der Waals surface area contributed by atoms with Crippen molar-refractivity contribution in [3.63, 3.8) is 0 Å². The summed E-state index contributed by atoms with van der Waals surface area (Å²) in [6.07, 6.45) is 0. The lowest BCUT2D eigenvalue weighted by Gasteiger charge is -2.34. The van der Waals surface area contributed by atoms with Gasteiger partial charge in [-0.3, -0.25) is 0 Å². The molecule has 0 N–H and O–H groups in total. The number of hydrogen-bond acceptors (Lipinski definition) is 2. The van der Waals surface area contributed by atoms with Crippen LogP contribution in [0.3, 0.4) is 0 Å².